The Hall–Kier alpha value is -2.20. The second kappa shape index (κ2) is 8.06. The van der Waals surface area contributed by atoms with Crippen molar-refractivity contribution in [3.05, 3.63) is 53.1 Å². The summed E-state index contributed by atoms with van der Waals surface area (Å²) in [5, 5.41) is 4.96. The van der Waals surface area contributed by atoms with Crippen LogP contribution in [0.15, 0.2) is 47.6 Å². The summed E-state index contributed by atoms with van der Waals surface area (Å²) in [4.78, 5) is 0. The van der Waals surface area contributed by atoms with Gasteiger partial charge in [-0.3, -0.25) is 5.43 Å². The Kier molecular flexibility index (Phi) is 5.59. The molecular weight excluding hydrogens is 324 g/mol. The standard InChI is InChI=1S/C19H21ClN2O2/c1-23-18-11-6-14(12-19(18)24-17-4-2-3-5-17)13-21-22-16-9-7-15(20)8-10-16/h6-13,17,22H,2-5H2,1H3/b21-13+. The molecule has 0 heterocycles. The summed E-state index contributed by atoms with van der Waals surface area (Å²) in [6.07, 6.45) is 6.74. The third-order valence-electron chi connectivity index (χ3n) is 4.04. The van der Waals surface area contributed by atoms with Crippen LogP contribution in [-0.4, -0.2) is 19.4 Å². The lowest BCUT2D eigenvalue weighted by atomic mass is 10.2. The Bertz CT molecular complexity index is 695. The molecule has 1 aliphatic rings. The number of ether oxygens (including phenoxy) is 2. The molecule has 2 aromatic carbocycles. The smallest absolute Gasteiger partial charge is 0.162 e. The van der Waals surface area contributed by atoms with E-state index in [1.54, 1.807) is 13.3 Å². The van der Waals surface area contributed by atoms with Crippen LogP contribution in [0.25, 0.3) is 0 Å². The van der Waals surface area contributed by atoms with Gasteiger partial charge >= 0.3 is 0 Å². The Morgan fingerprint density at radius 1 is 1.08 bits per heavy atom. The first kappa shape index (κ1) is 16.7. The van der Waals surface area contributed by atoms with Crippen molar-refractivity contribution in [3.63, 3.8) is 0 Å². The minimum atomic E-state index is 0.290. The van der Waals surface area contributed by atoms with Gasteiger partial charge in [0.1, 0.15) is 0 Å². The molecule has 5 heteroatoms. The SMILES string of the molecule is COc1ccc(/C=N/Nc2ccc(Cl)cc2)cc1OC1CCCC1. The van der Waals surface area contributed by atoms with Crippen LogP contribution in [0.1, 0.15) is 31.2 Å². The molecule has 1 N–H and O–H groups in total. The van der Waals surface area contributed by atoms with E-state index in [1.807, 2.05) is 42.5 Å². The van der Waals surface area contributed by atoms with E-state index < -0.39 is 0 Å². The van der Waals surface area contributed by atoms with Crippen molar-refractivity contribution in [1.29, 1.82) is 0 Å². The molecule has 0 unspecified atom stereocenters. The second-order valence-electron chi connectivity index (χ2n) is 5.81. The van der Waals surface area contributed by atoms with Crippen LogP contribution in [0.4, 0.5) is 5.69 Å². The molecular formula is C19H21ClN2O2. The van der Waals surface area contributed by atoms with Gasteiger partial charge in [-0.1, -0.05) is 11.6 Å². The average molecular weight is 345 g/mol. The Morgan fingerprint density at radius 2 is 1.83 bits per heavy atom. The van der Waals surface area contributed by atoms with Crippen LogP contribution < -0.4 is 14.9 Å². The zero-order valence-electron chi connectivity index (χ0n) is 13.7. The average Bonchev–Trinajstić information content (AvgIpc) is 3.10. The topological polar surface area (TPSA) is 42.8 Å². The van der Waals surface area contributed by atoms with Gasteiger partial charge in [0.15, 0.2) is 11.5 Å². The molecule has 1 saturated carbocycles. The molecule has 2 aromatic rings. The molecule has 1 aliphatic carbocycles. The molecule has 0 saturated heterocycles. The van der Waals surface area contributed by atoms with E-state index in [2.05, 4.69) is 10.5 Å². The summed E-state index contributed by atoms with van der Waals surface area (Å²) in [5.41, 5.74) is 4.81. The lowest BCUT2D eigenvalue weighted by Crippen LogP contribution is -2.11. The van der Waals surface area contributed by atoms with E-state index in [0.29, 0.717) is 11.1 Å². The molecule has 24 heavy (non-hydrogen) atoms. The lowest BCUT2D eigenvalue weighted by Gasteiger charge is -2.16. The molecule has 3 rings (SSSR count). The van der Waals surface area contributed by atoms with Crippen molar-refractivity contribution in [3.8, 4) is 11.5 Å². The van der Waals surface area contributed by atoms with Crippen LogP contribution in [0.3, 0.4) is 0 Å². The monoisotopic (exact) mass is 344 g/mol. The minimum Gasteiger partial charge on any atom is -0.493 e. The van der Waals surface area contributed by atoms with Gasteiger partial charge in [0, 0.05) is 5.02 Å². The fourth-order valence-corrected chi connectivity index (χ4v) is 2.88. The van der Waals surface area contributed by atoms with Gasteiger partial charge < -0.3 is 9.47 Å². The molecule has 0 radical (unpaired) electrons. The molecule has 0 aliphatic heterocycles. The van der Waals surface area contributed by atoms with E-state index in [-0.39, 0.29) is 0 Å². The number of hydrazone groups is 1. The molecule has 0 amide bonds. The van der Waals surface area contributed by atoms with Crippen molar-refractivity contribution in [2.24, 2.45) is 5.10 Å². The summed E-state index contributed by atoms with van der Waals surface area (Å²) in [6, 6.07) is 13.2. The summed E-state index contributed by atoms with van der Waals surface area (Å²) in [6.45, 7) is 0. The van der Waals surface area contributed by atoms with Crippen LogP contribution in [-0.2, 0) is 0 Å². The van der Waals surface area contributed by atoms with Gasteiger partial charge in [-0.25, -0.2) is 0 Å². The van der Waals surface area contributed by atoms with Crippen molar-refractivity contribution in [2.75, 3.05) is 12.5 Å². The van der Waals surface area contributed by atoms with Crippen LogP contribution in [0.5, 0.6) is 11.5 Å². The van der Waals surface area contributed by atoms with Crippen molar-refractivity contribution >= 4 is 23.5 Å². The zero-order chi connectivity index (χ0) is 16.8. The maximum atomic E-state index is 6.09. The second-order valence-corrected chi connectivity index (χ2v) is 6.25. The third kappa shape index (κ3) is 4.42. The summed E-state index contributed by atoms with van der Waals surface area (Å²) in [7, 11) is 1.66. The summed E-state index contributed by atoms with van der Waals surface area (Å²) < 4.78 is 11.5. The van der Waals surface area contributed by atoms with Gasteiger partial charge in [-0.15, -0.1) is 0 Å². The number of anilines is 1. The zero-order valence-corrected chi connectivity index (χ0v) is 14.4. The highest BCUT2D eigenvalue weighted by atomic mass is 35.5. The van der Waals surface area contributed by atoms with Crippen LogP contribution >= 0.6 is 11.6 Å². The fraction of sp³-hybridized carbons (Fsp3) is 0.316. The lowest BCUT2D eigenvalue weighted by molar-refractivity contribution is 0.201. The first-order chi connectivity index (χ1) is 11.7. The third-order valence-corrected chi connectivity index (χ3v) is 4.29. The number of methoxy groups -OCH3 is 1. The molecule has 126 valence electrons. The van der Waals surface area contributed by atoms with E-state index in [9.17, 15) is 0 Å². The molecule has 4 nitrogen and oxygen atoms in total. The van der Waals surface area contributed by atoms with Gasteiger partial charge in [0.25, 0.3) is 0 Å². The maximum absolute atomic E-state index is 6.09. The Labute approximate surface area is 147 Å². The summed E-state index contributed by atoms with van der Waals surface area (Å²) in [5.74, 6) is 1.53. The van der Waals surface area contributed by atoms with E-state index in [4.69, 9.17) is 21.1 Å². The van der Waals surface area contributed by atoms with E-state index >= 15 is 0 Å². The normalized spacial score (nSPS) is 14.9. The number of benzene rings is 2. The van der Waals surface area contributed by atoms with E-state index in [0.717, 1.165) is 35.6 Å². The quantitative estimate of drug-likeness (QED) is 0.584. The minimum absolute atomic E-state index is 0.290. The predicted molar refractivity (Wildman–Crippen MR) is 98.5 cm³/mol. The molecule has 0 aromatic heterocycles. The molecule has 0 atom stereocenters. The molecule has 0 bridgehead atoms. The highest BCUT2D eigenvalue weighted by Crippen LogP contribution is 2.32. The number of halogens is 1. The van der Waals surface area contributed by atoms with Gasteiger partial charge in [0.2, 0.25) is 0 Å². The van der Waals surface area contributed by atoms with Gasteiger partial charge in [-0.2, -0.15) is 5.10 Å². The first-order valence-corrected chi connectivity index (χ1v) is 8.52. The number of rotatable bonds is 6. The van der Waals surface area contributed by atoms with Crippen LogP contribution in [0.2, 0.25) is 5.02 Å². The highest BCUT2D eigenvalue weighted by Gasteiger charge is 2.18. The largest absolute Gasteiger partial charge is 0.493 e. The van der Waals surface area contributed by atoms with Gasteiger partial charge in [0.05, 0.1) is 25.1 Å². The number of nitrogens with one attached hydrogen (secondary N) is 1. The van der Waals surface area contributed by atoms with Crippen molar-refractivity contribution < 1.29 is 9.47 Å². The predicted octanol–water partition coefficient (Wildman–Crippen LogP) is 5.12. The van der Waals surface area contributed by atoms with Crippen molar-refractivity contribution in [1.82, 2.24) is 0 Å². The Balaban J connectivity index is 1.68. The molecule has 1 fully saturated rings. The first-order valence-electron chi connectivity index (χ1n) is 8.14. The highest BCUT2D eigenvalue weighted by molar-refractivity contribution is 6.30. The number of hydrogen-bond donors (Lipinski definition) is 1. The number of nitrogens with zero attached hydrogens (tertiary/aromatic N) is 1. The van der Waals surface area contributed by atoms with Gasteiger partial charge in [-0.05, 0) is 73.7 Å². The van der Waals surface area contributed by atoms with E-state index in [1.165, 1.54) is 12.8 Å². The van der Waals surface area contributed by atoms with Crippen molar-refractivity contribution in [2.45, 2.75) is 31.8 Å². The maximum Gasteiger partial charge on any atom is 0.162 e. The fourth-order valence-electron chi connectivity index (χ4n) is 2.76. The van der Waals surface area contributed by atoms with Crippen LogP contribution in [0, 0.1) is 0 Å². The number of hydrogen-bond acceptors (Lipinski definition) is 4. The summed E-state index contributed by atoms with van der Waals surface area (Å²) >= 11 is 5.87. The Morgan fingerprint density at radius 3 is 2.54 bits per heavy atom. The molecule has 0 spiro atoms.